The molecule has 1 aromatic carbocycles. The summed E-state index contributed by atoms with van der Waals surface area (Å²) in [7, 11) is -1.86. The van der Waals surface area contributed by atoms with Gasteiger partial charge in [-0.1, -0.05) is 23.7 Å². The van der Waals surface area contributed by atoms with Gasteiger partial charge in [-0.3, -0.25) is 9.40 Å². The number of pyridine rings is 1. The van der Waals surface area contributed by atoms with E-state index in [4.69, 9.17) is 11.6 Å². The number of nitrogens with zero attached hydrogens (tertiary/aromatic N) is 3. The van der Waals surface area contributed by atoms with Crippen molar-refractivity contribution in [2.24, 2.45) is 7.05 Å². The fourth-order valence-electron chi connectivity index (χ4n) is 2.30. The maximum Gasteiger partial charge on any atom is 0.255 e. The lowest BCUT2D eigenvalue weighted by molar-refractivity contribution is 0.609. The Kier molecular flexibility index (Phi) is 4.29. The van der Waals surface area contributed by atoms with E-state index in [9.17, 15) is 8.42 Å². The maximum absolute atomic E-state index is 12.2. The van der Waals surface area contributed by atoms with Crippen LogP contribution in [0.3, 0.4) is 0 Å². The van der Waals surface area contributed by atoms with E-state index in [1.165, 1.54) is 12.3 Å². The molecule has 0 aliphatic heterocycles. The van der Waals surface area contributed by atoms with E-state index in [0.717, 1.165) is 22.1 Å². The molecule has 1 N–H and O–H groups in total. The van der Waals surface area contributed by atoms with E-state index >= 15 is 0 Å². The molecule has 0 saturated heterocycles. The van der Waals surface area contributed by atoms with Crippen LogP contribution in [-0.4, -0.2) is 23.2 Å². The molecular weight excluding hydrogens is 348 g/mol. The number of benzene rings is 1. The van der Waals surface area contributed by atoms with E-state index < -0.39 is 10.0 Å². The van der Waals surface area contributed by atoms with Crippen molar-refractivity contribution in [2.45, 2.75) is 6.92 Å². The van der Waals surface area contributed by atoms with Gasteiger partial charge in [0.2, 0.25) is 0 Å². The summed E-state index contributed by atoms with van der Waals surface area (Å²) in [6.45, 7) is 1.85. The van der Waals surface area contributed by atoms with Crippen LogP contribution < -0.4 is 4.72 Å². The summed E-state index contributed by atoms with van der Waals surface area (Å²) in [4.78, 5) is 4.25. The van der Waals surface area contributed by atoms with Crippen molar-refractivity contribution >= 4 is 44.4 Å². The van der Waals surface area contributed by atoms with Gasteiger partial charge in [0.15, 0.2) is 5.65 Å². The molecule has 0 amide bonds. The van der Waals surface area contributed by atoms with Gasteiger partial charge in [0, 0.05) is 17.5 Å². The van der Waals surface area contributed by atoms with Crippen molar-refractivity contribution in [2.75, 3.05) is 4.72 Å². The highest BCUT2D eigenvalue weighted by molar-refractivity contribution is 7.95. The van der Waals surface area contributed by atoms with Gasteiger partial charge >= 0.3 is 0 Å². The predicted molar refractivity (Wildman–Crippen MR) is 96.3 cm³/mol. The van der Waals surface area contributed by atoms with Crippen molar-refractivity contribution in [3.63, 3.8) is 0 Å². The summed E-state index contributed by atoms with van der Waals surface area (Å²) in [6, 6.07) is 8.59. The number of sulfonamides is 1. The average molecular weight is 363 g/mol. The molecule has 0 unspecified atom stereocenters. The molecule has 0 atom stereocenters. The van der Waals surface area contributed by atoms with Crippen LogP contribution in [0.4, 0.5) is 5.69 Å². The summed E-state index contributed by atoms with van der Waals surface area (Å²) in [5, 5.41) is 6.77. The Labute approximate surface area is 144 Å². The molecule has 6 nitrogen and oxygen atoms in total. The summed E-state index contributed by atoms with van der Waals surface area (Å²) in [5.41, 5.74) is 2.62. The number of fused-ring (bicyclic) bond motifs is 1. The third-order valence-corrected chi connectivity index (χ3v) is 4.70. The Morgan fingerprint density at radius 1 is 1.25 bits per heavy atom. The molecule has 0 bridgehead atoms. The van der Waals surface area contributed by atoms with Crippen molar-refractivity contribution in [3.05, 3.63) is 58.2 Å². The lowest BCUT2D eigenvalue weighted by Crippen LogP contribution is -2.09. The third-order valence-electron chi connectivity index (χ3n) is 3.43. The highest BCUT2D eigenvalue weighted by Crippen LogP contribution is 2.20. The second-order valence-electron chi connectivity index (χ2n) is 5.31. The molecule has 3 aromatic rings. The Bertz CT molecular complexity index is 1020. The first kappa shape index (κ1) is 16.5. The summed E-state index contributed by atoms with van der Waals surface area (Å²) < 4.78 is 28.5. The highest BCUT2D eigenvalue weighted by atomic mass is 35.5. The summed E-state index contributed by atoms with van der Waals surface area (Å²) >= 11 is 5.80. The maximum atomic E-state index is 12.2. The standard InChI is InChI=1S/C16H15ClN4O2S/c1-11-15-9-14(10-18-16(15)21(2)19-11)20-24(22,23)8-7-12-3-5-13(17)6-4-12/h3-10,20H,1-2H3/b8-7+. The summed E-state index contributed by atoms with van der Waals surface area (Å²) in [6.07, 6.45) is 2.97. The lowest BCUT2D eigenvalue weighted by atomic mass is 10.2. The monoisotopic (exact) mass is 362 g/mol. The number of hydrogen-bond acceptors (Lipinski definition) is 4. The number of halogens is 1. The second-order valence-corrected chi connectivity index (χ2v) is 7.31. The average Bonchev–Trinajstić information content (AvgIpc) is 2.81. The Balaban J connectivity index is 1.83. The quantitative estimate of drug-likeness (QED) is 0.772. The molecular formula is C16H15ClN4O2S. The number of aryl methyl sites for hydroxylation is 2. The first-order chi connectivity index (χ1) is 11.3. The van der Waals surface area contributed by atoms with Crippen LogP contribution in [0.5, 0.6) is 0 Å². The predicted octanol–water partition coefficient (Wildman–Crippen LogP) is 3.34. The van der Waals surface area contributed by atoms with E-state index in [-0.39, 0.29) is 0 Å². The minimum atomic E-state index is -3.65. The van der Waals surface area contributed by atoms with Crippen LogP contribution in [0.1, 0.15) is 11.3 Å². The molecule has 0 aliphatic rings. The van der Waals surface area contributed by atoms with Gasteiger partial charge in [-0.25, -0.2) is 13.4 Å². The van der Waals surface area contributed by atoms with Crippen LogP contribution in [0, 0.1) is 6.92 Å². The van der Waals surface area contributed by atoms with Crippen LogP contribution in [0.25, 0.3) is 17.1 Å². The molecule has 2 heterocycles. The number of anilines is 1. The van der Waals surface area contributed by atoms with Gasteiger partial charge in [0.05, 0.1) is 23.0 Å². The van der Waals surface area contributed by atoms with Crippen molar-refractivity contribution in [3.8, 4) is 0 Å². The molecule has 124 valence electrons. The van der Waals surface area contributed by atoms with E-state index in [1.807, 2.05) is 6.92 Å². The fraction of sp³-hybridized carbons (Fsp3) is 0.125. The minimum absolute atomic E-state index is 0.388. The Morgan fingerprint density at radius 2 is 1.96 bits per heavy atom. The zero-order chi connectivity index (χ0) is 17.3. The van der Waals surface area contributed by atoms with Crippen LogP contribution in [0.2, 0.25) is 5.02 Å². The Hall–Kier alpha value is -2.38. The van der Waals surface area contributed by atoms with E-state index in [2.05, 4.69) is 14.8 Å². The van der Waals surface area contributed by atoms with E-state index in [1.54, 1.807) is 42.1 Å². The van der Waals surface area contributed by atoms with Gasteiger partial charge in [0.1, 0.15) is 0 Å². The first-order valence-electron chi connectivity index (χ1n) is 7.10. The third kappa shape index (κ3) is 3.58. The number of nitrogens with one attached hydrogen (secondary N) is 1. The molecule has 0 saturated carbocycles. The van der Waals surface area contributed by atoms with Gasteiger partial charge < -0.3 is 0 Å². The molecule has 8 heteroatoms. The van der Waals surface area contributed by atoms with Crippen LogP contribution in [0.15, 0.2) is 41.9 Å². The number of rotatable bonds is 4. The highest BCUT2D eigenvalue weighted by Gasteiger charge is 2.10. The SMILES string of the molecule is Cc1nn(C)c2ncc(NS(=O)(=O)/C=C/c3ccc(Cl)cc3)cc12. The van der Waals surface area contributed by atoms with Gasteiger partial charge in [-0.05, 0) is 36.8 Å². The van der Waals surface area contributed by atoms with Crippen LogP contribution in [-0.2, 0) is 17.1 Å². The second kappa shape index (κ2) is 6.26. The van der Waals surface area contributed by atoms with Crippen LogP contribution >= 0.6 is 11.6 Å². The fourth-order valence-corrected chi connectivity index (χ4v) is 3.27. The van der Waals surface area contributed by atoms with Crippen molar-refractivity contribution in [1.29, 1.82) is 0 Å². The number of aromatic nitrogens is 3. The van der Waals surface area contributed by atoms with E-state index in [0.29, 0.717) is 16.4 Å². The normalized spacial score (nSPS) is 12.1. The molecule has 2 aromatic heterocycles. The minimum Gasteiger partial charge on any atom is -0.279 e. The molecule has 24 heavy (non-hydrogen) atoms. The van der Waals surface area contributed by atoms with Crippen molar-refractivity contribution < 1.29 is 8.42 Å². The summed E-state index contributed by atoms with van der Waals surface area (Å²) in [5.74, 6) is 0. The zero-order valence-corrected chi connectivity index (χ0v) is 14.6. The van der Waals surface area contributed by atoms with Gasteiger partial charge in [0.25, 0.3) is 10.0 Å². The molecule has 0 spiro atoms. The zero-order valence-electron chi connectivity index (χ0n) is 13.1. The molecule has 0 radical (unpaired) electrons. The largest absolute Gasteiger partial charge is 0.279 e. The van der Waals surface area contributed by atoms with Gasteiger partial charge in [-0.2, -0.15) is 5.10 Å². The topological polar surface area (TPSA) is 76.9 Å². The lowest BCUT2D eigenvalue weighted by Gasteiger charge is -2.04. The Morgan fingerprint density at radius 3 is 2.67 bits per heavy atom. The molecule has 0 fully saturated rings. The molecule has 3 rings (SSSR count). The van der Waals surface area contributed by atoms with Crippen molar-refractivity contribution in [1.82, 2.24) is 14.8 Å². The first-order valence-corrected chi connectivity index (χ1v) is 9.02. The smallest absolute Gasteiger partial charge is 0.255 e. The van der Waals surface area contributed by atoms with Gasteiger partial charge in [-0.15, -0.1) is 0 Å². The number of hydrogen-bond donors (Lipinski definition) is 1. The molecule has 0 aliphatic carbocycles.